The quantitative estimate of drug-likeness (QED) is 0.267. The standard InChI is InChI=1S/C32H33ClFN7O3/c1-19(2)40-13-5-8-22(40)18-44-31-37-29-24(30(38-31)39-14-15-41(32(42)43)21(17-39)11-12-35)16-36-28(27(29)34)23-9-3-6-20-7-4-10-25(33)26(20)23/h3-4,6-7,9-10,16,19,21-22H,5,8,11,13-15,17-18H2,1-2H3,(H,42,43)/t21-,22-/m0/s1. The van der Waals surface area contributed by atoms with Gasteiger partial charge in [-0.1, -0.05) is 41.9 Å². The van der Waals surface area contributed by atoms with Crippen LogP contribution in [0.4, 0.5) is 15.0 Å². The number of rotatable bonds is 7. The molecule has 0 aliphatic carbocycles. The number of fused-ring (bicyclic) bond motifs is 2. The van der Waals surface area contributed by atoms with E-state index < -0.39 is 18.0 Å². The summed E-state index contributed by atoms with van der Waals surface area (Å²) in [6.45, 7) is 6.31. The Bertz CT molecular complexity index is 1760. The summed E-state index contributed by atoms with van der Waals surface area (Å²) in [6, 6.07) is 13.1. The van der Waals surface area contributed by atoms with Crippen LogP contribution in [0, 0.1) is 17.1 Å². The molecule has 12 heteroatoms. The molecule has 44 heavy (non-hydrogen) atoms. The number of pyridine rings is 1. The number of hydrogen-bond donors (Lipinski definition) is 1. The van der Waals surface area contributed by atoms with Gasteiger partial charge in [0.05, 0.1) is 23.9 Å². The second-order valence-corrected chi connectivity index (χ2v) is 11.9. The summed E-state index contributed by atoms with van der Waals surface area (Å²) < 4.78 is 22.8. The van der Waals surface area contributed by atoms with Crippen molar-refractivity contribution >= 4 is 45.2 Å². The predicted octanol–water partition coefficient (Wildman–Crippen LogP) is 5.97. The fourth-order valence-corrected chi connectivity index (χ4v) is 6.76. The van der Waals surface area contributed by atoms with Gasteiger partial charge in [0, 0.05) is 53.9 Å². The molecule has 0 unspecified atom stereocenters. The first-order valence-corrected chi connectivity index (χ1v) is 15.2. The Morgan fingerprint density at radius 3 is 2.73 bits per heavy atom. The largest absolute Gasteiger partial charge is 0.465 e. The predicted molar refractivity (Wildman–Crippen MR) is 167 cm³/mol. The molecule has 10 nitrogen and oxygen atoms in total. The number of ether oxygens (including phenoxy) is 1. The van der Waals surface area contributed by atoms with Crippen LogP contribution in [0.5, 0.6) is 6.01 Å². The highest BCUT2D eigenvalue weighted by Crippen LogP contribution is 2.37. The van der Waals surface area contributed by atoms with Crippen molar-refractivity contribution in [3.63, 3.8) is 0 Å². The SMILES string of the molecule is CC(C)N1CCC[C@H]1COc1nc(N2CCN(C(=O)O)[C@@H](CC#N)C2)c2cnc(-c3cccc4cccc(Cl)c34)c(F)c2n1. The molecule has 2 fully saturated rings. The molecule has 6 rings (SSSR count). The van der Waals surface area contributed by atoms with Crippen LogP contribution in [0.2, 0.25) is 5.02 Å². The van der Waals surface area contributed by atoms with Gasteiger partial charge in [0.15, 0.2) is 5.82 Å². The van der Waals surface area contributed by atoms with Gasteiger partial charge in [0.1, 0.15) is 23.6 Å². The van der Waals surface area contributed by atoms with E-state index in [1.54, 1.807) is 18.3 Å². The first-order valence-electron chi connectivity index (χ1n) is 14.8. The molecule has 2 aliphatic rings. The molecule has 0 spiro atoms. The van der Waals surface area contributed by atoms with E-state index in [0.717, 1.165) is 24.8 Å². The molecule has 1 amide bonds. The van der Waals surface area contributed by atoms with Crippen LogP contribution in [0.3, 0.4) is 0 Å². The lowest BCUT2D eigenvalue weighted by Gasteiger charge is -2.39. The van der Waals surface area contributed by atoms with Crippen molar-refractivity contribution in [2.45, 2.75) is 51.2 Å². The Morgan fingerprint density at radius 1 is 1.18 bits per heavy atom. The smallest absolute Gasteiger partial charge is 0.407 e. The van der Waals surface area contributed by atoms with Crippen molar-refractivity contribution in [2.75, 3.05) is 37.7 Å². The normalized spacial score (nSPS) is 19.2. The zero-order valence-corrected chi connectivity index (χ0v) is 25.3. The van der Waals surface area contributed by atoms with E-state index in [0.29, 0.717) is 46.4 Å². The molecule has 0 bridgehead atoms. The average Bonchev–Trinajstić information content (AvgIpc) is 3.49. The van der Waals surface area contributed by atoms with Crippen LogP contribution in [-0.4, -0.2) is 86.9 Å². The molecular formula is C32H33ClFN7O3. The first kappa shape index (κ1) is 29.8. The maximum atomic E-state index is 16.6. The molecule has 4 aromatic rings. The van der Waals surface area contributed by atoms with Crippen LogP contribution in [-0.2, 0) is 0 Å². The molecule has 2 aliphatic heterocycles. The lowest BCUT2D eigenvalue weighted by atomic mass is 10.0. The summed E-state index contributed by atoms with van der Waals surface area (Å²) in [5.74, 6) is -0.246. The number of hydrogen-bond acceptors (Lipinski definition) is 8. The number of likely N-dealkylation sites (tertiary alicyclic amines) is 1. The minimum atomic E-state index is -1.08. The molecule has 0 saturated carbocycles. The van der Waals surface area contributed by atoms with Crippen molar-refractivity contribution in [1.29, 1.82) is 5.26 Å². The van der Waals surface area contributed by atoms with Gasteiger partial charge in [-0.15, -0.1) is 0 Å². The second-order valence-electron chi connectivity index (χ2n) is 11.5. The first-order chi connectivity index (χ1) is 21.3. The Labute approximate surface area is 259 Å². The molecule has 4 heterocycles. The van der Waals surface area contributed by atoms with Crippen LogP contribution >= 0.6 is 11.6 Å². The number of halogens is 2. The van der Waals surface area contributed by atoms with E-state index in [1.807, 2.05) is 29.2 Å². The average molecular weight is 618 g/mol. The highest BCUT2D eigenvalue weighted by atomic mass is 35.5. The zero-order chi connectivity index (χ0) is 31.0. The minimum Gasteiger partial charge on any atom is -0.465 e. The van der Waals surface area contributed by atoms with Gasteiger partial charge in [0.25, 0.3) is 0 Å². The summed E-state index contributed by atoms with van der Waals surface area (Å²) in [5, 5.41) is 21.5. The van der Waals surface area contributed by atoms with Gasteiger partial charge in [0.2, 0.25) is 0 Å². The minimum absolute atomic E-state index is 0.0144. The number of carbonyl (C=O) groups is 1. The number of piperazine rings is 1. The molecule has 2 aromatic heterocycles. The van der Waals surface area contributed by atoms with E-state index in [9.17, 15) is 15.2 Å². The maximum absolute atomic E-state index is 16.6. The van der Waals surface area contributed by atoms with Crippen molar-refractivity contribution in [3.8, 4) is 23.3 Å². The molecular weight excluding hydrogens is 585 g/mol. The summed E-state index contributed by atoms with van der Waals surface area (Å²) in [7, 11) is 0. The molecule has 2 aromatic carbocycles. The lowest BCUT2D eigenvalue weighted by Crippen LogP contribution is -2.55. The summed E-state index contributed by atoms with van der Waals surface area (Å²) in [6.07, 6.45) is 2.53. The second kappa shape index (κ2) is 12.4. The Kier molecular flexibility index (Phi) is 8.38. The fraction of sp³-hybridized carbons (Fsp3) is 0.406. The van der Waals surface area contributed by atoms with Crippen molar-refractivity contribution in [2.24, 2.45) is 0 Å². The van der Waals surface area contributed by atoms with Crippen molar-refractivity contribution in [1.82, 2.24) is 24.8 Å². The maximum Gasteiger partial charge on any atom is 0.407 e. The van der Waals surface area contributed by atoms with Crippen molar-refractivity contribution in [3.05, 3.63) is 53.4 Å². The molecule has 228 valence electrons. The third-order valence-electron chi connectivity index (χ3n) is 8.60. The third kappa shape index (κ3) is 5.55. The summed E-state index contributed by atoms with van der Waals surface area (Å²) >= 11 is 6.57. The molecule has 0 radical (unpaired) electrons. The number of amides is 1. The zero-order valence-electron chi connectivity index (χ0n) is 24.6. The van der Waals surface area contributed by atoms with Gasteiger partial charge < -0.3 is 19.6 Å². The van der Waals surface area contributed by atoms with Gasteiger partial charge >= 0.3 is 12.1 Å². The third-order valence-corrected chi connectivity index (χ3v) is 8.91. The fourth-order valence-electron chi connectivity index (χ4n) is 6.47. The van der Waals surface area contributed by atoms with E-state index >= 15 is 4.39 Å². The van der Waals surface area contributed by atoms with Gasteiger partial charge in [-0.3, -0.25) is 9.88 Å². The van der Waals surface area contributed by atoms with E-state index in [1.165, 1.54) is 4.90 Å². The van der Waals surface area contributed by atoms with E-state index in [-0.39, 0.29) is 42.8 Å². The van der Waals surface area contributed by atoms with E-state index in [4.69, 9.17) is 21.3 Å². The number of nitriles is 1. The number of benzene rings is 2. The number of aromatic nitrogens is 3. The Morgan fingerprint density at radius 2 is 1.98 bits per heavy atom. The van der Waals surface area contributed by atoms with Crippen molar-refractivity contribution < 1.29 is 19.0 Å². The Hall–Kier alpha value is -4.27. The molecule has 1 N–H and O–H groups in total. The lowest BCUT2D eigenvalue weighted by molar-refractivity contribution is 0.119. The molecule has 2 atom stereocenters. The number of nitrogens with zero attached hydrogens (tertiary/aromatic N) is 7. The highest BCUT2D eigenvalue weighted by molar-refractivity contribution is 6.36. The topological polar surface area (TPSA) is 119 Å². The number of carboxylic acid groups (broad SMARTS) is 1. The molecule has 2 saturated heterocycles. The van der Waals surface area contributed by atoms with Gasteiger partial charge in [-0.05, 0) is 44.7 Å². The van der Waals surface area contributed by atoms with Crippen LogP contribution in [0.25, 0.3) is 32.9 Å². The highest BCUT2D eigenvalue weighted by Gasteiger charge is 2.33. The Balaban J connectivity index is 1.45. The van der Waals surface area contributed by atoms with Crippen LogP contribution < -0.4 is 9.64 Å². The number of anilines is 1. The summed E-state index contributed by atoms with van der Waals surface area (Å²) in [5.41, 5.74) is 0.688. The summed E-state index contributed by atoms with van der Waals surface area (Å²) in [4.78, 5) is 31.2. The monoisotopic (exact) mass is 617 g/mol. The van der Waals surface area contributed by atoms with Crippen LogP contribution in [0.1, 0.15) is 33.1 Å². The van der Waals surface area contributed by atoms with Gasteiger partial charge in [-0.25, -0.2) is 9.18 Å². The van der Waals surface area contributed by atoms with Gasteiger partial charge in [-0.2, -0.15) is 15.2 Å². The van der Waals surface area contributed by atoms with Crippen LogP contribution in [0.15, 0.2) is 42.6 Å². The van der Waals surface area contributed by atoms with E-state index in [2.05, 4.69) is 34.8 Å².